The van der Waals surface area contributed by atoms with Crippen molar-refractivity contribution in [2.45, 2.75) is 25.3 Å². The molecule has 1 aliphatic carbocycles. The second-order valence-corrected chi connectivity index (χ2v) is 5.92. The highest BCUT2D eigenvalue weighted by Crippen LogP contribution is 2.34. The highest BCUT2D eigenvalue weighted by Gasteiger charge is 2.20. The van der Waals surface area contributed by atoms with Crippen molar-refractivity contribution in [3.8, 4) is 5.75 Å². The Balaban J connectivity index is 1.85. The number of phenols is 1. The van der Waals surface area contributed by atoms with Crippen molar-refractivity contribution < 1.29 is 5.11 Å². The van der Waals surface area contributed by atoms with Gasteiger partial charge < -0.3 is 15.3 Å². The van der Waals surface area contributed by atoms with Crippen LogP contribution in [0.2, 0.25) is 0 Å². The SMILES string of the molecule is CN(C)c1cccc(NC2CCCc3cc(O)ccc32)c1. The Morgan fingerprint density at radius 3 is 2.81 bits per heavy atom. The fourth-order valence-electron chi connectivity index (χ4n) is 3.03. The Bertz CT molecular complexity index is 637. The summed E-state index contributed by atoms with van der Waals surface area (Å²) in [4.78, 5) is 2.11. The Labute approximate surface area is 126 Å². The molecule has 1 atom stereocenters. The summed E-state index contributed by atoms with van der Waals surface area (Å²) in [6.45, 7) is 0. The van der Waals surface area contributed by atoms with Crippen LogP contribution in [-0.4, -0.2) is 19.2 Å². The molecule has 0 radical (unpaired) electrons. The van der Waals surface area contributed by atoms with Crippen LogP contribution < -0.4 is 10.2 Å². The molecule has 21 heavy (non-hydrogen) atoms. The summed E-state index contributed by atoms with van der Waals surface area (Å²) in [6.07, 6.45) is 3.34. The van der Waals surface area contributed by atoms with Crippen molar-refractivity contribution >= 4 is 11.4 Å². The minimum atomic E-state index is 0.326. The Kier molecular flexibility index (Phi) is 3.74. The zero-order valence-corrected chi connectivity index (χ0v) is 12.6. The van der Waals surface area contributed by atoms with Crippen molar-refractivity contribution in [2.75, 3.05) is 24.3 Å². The van der Waals surface area contributed by atoms with E-state index in [4.69, 9.17) is 0 Å². The molecule has 0 saturated carbocycles. The molecular formula is C18H22N2O. The molecule has 2 aromatic rings. The lowest BCUT2D eigenvalue weighted by Crippen LogP contribution is -2.17. The first-order valence-electron chi connectivity index (χ1n) is 7.49. The number of aryl methyl sites for hydroxylation is 1. The highest BCUT2D eigenvalue weighted by atomic mass is 16.3. The average molecular weight is 282 g/mol. The van der Waals surface area contributed by atoms with Crippen LogP contribution in [0.4, 0.5) is 11.4 Å². The number of aromatic hydroxyl groups is 1. The van der Waals surface area contributed by atoms with E-state index < -0.39 is 0 Å². The molecule has 0 saturated heterocycles. The molecule has 3 heteroatoms. The maximum Gasteiger partial charge on any atom is 0.115 e. The molecule has 0 bridgehead atoms. The molecule has 3 nitrogen and oxygen atoms in total. The fourth-order valence-corrected chi connectivity index (χ4v) is 3.03. The highest BCUT2D eigenvalue weighted by molar-refractivity contribution is 5.58. The van der Waals surface area contributed by atoms with Gasteiger partial charge in [-0.2, -0.15) is 0 Å². The summed E-state index contributed by atoms with van der Waals surface area (Å²) in [5.74, 6) is 0.365. The lowest BCUT2D eigenvalue weighted by atomic mass is 9.87. The van der Waals surface area contributed by atoms with Crippen LogP contribution in [0.3, 0.4) is 0 Å². The molecule has 0 spiro atoms. The van der Waals surface area contributed by atoms with E-state index in [2.05, 4.69) is 54.6 Å². The normalized spacial score (nSPS) is 17.1. The van der Waals surface area contributed by atoms with E-state index >= 15 is 0 Å². The van der Waals surface area contributed by atoms with Crippen molar-refractivity contribution in [1.82, 2.24) is 0 Å². The Hall–Kier alpha value is -2.16. The molecule has 2 N–H and O–H groups in total. The number of benzene rings is 2. The van der Waals surface area contributed by atoms with E-state index in [0.29, 0.717) is 11.8 Å². The zero-order chi connectivity index (χ0) is 14.8. The summed E-state index contributed by atoms with van der Waals surface area (Å²) in [5.41, 5.74) is 4.92. The molecule has 0 heterocycles. The van der Waals surface area contributed by atoms with Crippen LogP contribution in [-0.2, 0) is 6.42 Å². The van der Waals surface area contributed by atoms with Gasteiger partial charge in [-0.3, -0.25) is 0 Å². The monoisotopic (exact) mass is 282 g/mol. The van der Waals surface area contributed by atoms with Gasteiger partial charge in [-0.05, 0) is 60.7 Å². The van der Waals surface area contributed by atoms with Crippen molar-refractivity contribution in [1.29, 1.82) is 0 Å². The molecule has 0 fully saturated rings. The predicted molar refractivity (Wildman–Crippen MR) is 88.2 cm³/mol. The number of fused-ring (bicyclic) bond motifs is 1. The quantitative estimate of drug-likeness (QED) is 0.895. The summed E-state index contributed by atoms with van der Waals surface area (Å²) in [5, 5.41) is 13.3. The molecule has 110 valence electrons. The van der Waals surface area contributed by atoms with Crippen molar-refractivity contribution in [3.05, 3.63) is 53.6 Å². The lowest BCUT2D eigenvalue weighted by molar-refractivity contribution is 0.472. The first-order valence-corrected chi connectivity index (χ1v) is 7.49. The van der Waals surface area contributed by atoms with Crippen LogP contribution in [0, 0.1) is 0 Å². The molecule has 0 aromatic heterocycles. The van der Waals surface area contributed by atoms with Crippen LogP contribution in [0.1, 0.15) is 30.0 Å². The first kappa shape index (κ1) is 13.8. The minimum absolute atomic E-state index is 0.326. The Morgan fingerprint density at radius 1 is 1.14 bits per heavy atom. The second kappa shape index (κ2) is 5.68. The number of rotatable bonds is 3. The Morgan fingerprint density at radius 2 is 2.00 bits per heavy atom. The van der Waals surface area contributed by atoms with Crippen LogP contribution in [0.15, 0.2) is 42.5 Å². The zero-order valence-electron chi connectivity index (χ0n) is 12.6. The van der Waals surface area contributed by atoms with Gasteiger partial charge in [0.1, 0.15) is 5.75 Å². The summed E-state index contributed by atoms with van der Waals surface area (Å²) in [7, 11) is 4.11. The standard InChI is InChI=1S/C18H22N2O/c1-20(2)15-7-4-6-14(12-15)19-18-8-3-5-13-11-16(21)9-10-17(13)18/h4,6-7,9-12,18-19,21H,3,5,8H2,1-2H3. The van der Waals surface area contributed by atoms with Gasteiger partial charge in [-0.1, -0.05) is 12.1 Å². The van der Waals surface area contributed by atoms with Gasteiger partial charge in [0, 0.05) is 25.5 Å². The van der Waals surface area contributed by atoms with Gasteiger partial charge >= 0.3 is 0 Å². The number of phenolic OH excluding ortho intramolecular Hbond substituents is 1. The largest absolute Gasteiger partial charge is 0.508 e. The first-order chi connectivity index (χ1) is 10.1. The third-order valence-electron chi connectivity index (χ3n) is 4.14. The molecular weight excluding hydrogens is 260 g/mol. The summed E-state index contributed by atoms with van der Waals surface area (Å²) >= 11 is 0. The van der Waals surface area contributed by atoms with E-state index in [1.54, 1.807) is 6.07 Å². The van der Waals surface area contributed by atoms with Gasteiger partial charge in [0.05, 0.1) is 6.04 Å². The predicted octanol–water partition coefficient (Wildman–Crippen LogP) is 3.95. The molecule has 3 rings (SSSR count). The van der Waals surface area contributed by atoms with Gasteiger partial charge in [0.2, 0.25) is 0 Å². The van der Waals surface area contributed by atoms with E-state index in [-0.39, 0.29) is 0 Å². The van der Waals surface area contributed by atoms with E-state index in [1.165, 1.54) is 16.8 Å². The number of hydrogen-bond donors (Lipinski definition) is 2. The smallest absolute Gasteiger partial charge is 0.115 e. The number of nitrogens with zero attached hydrogens (tertiary/aromatic N) is 1. The van der Waals surface area contributed by atoms with Crippen molar-refractivity contribution in [3.63, 3.8) is 0 Å². The van der Waals surface area contributed by atoms with E-state index in [1.807, 2.05) is 6.07 Å². The number of anilines is 2. The van der Waals surface area contributed by atoms with E-state index in [9.17, 15) is 5.11 Å². The number of nitrogens with one attached hydrogen (secondary N) is 1. The van der Waals surface area contributed by atoms with Gasteiger partial charge in [-0.25, -0.2) is 0 Å². The average Bonchev–Trinajstić information content (AvgIpc) is 2.47. The van der Waals surface area contributed by atoms with E-state index in [0.717, 1.165) is 24.9 Å². The maximum absolute atomic E-state index is 9.64. The molecule has 1 aliphatic rings. The van der Waals surface area contributed by atoms with Crippen LogP contribution in [0.25, 0.3) is 0 Å². The summed E-state index contributed by atoms with van der Waals surface area (Å²) in [6, 6.07) is 14.5. The molecule has 0 aliphatic heterocycles. The third kappa shape index (κ3) is 2.97. The topological polar surface area (TPSA) is 35.5 Å². The molecule has 1 unspecified atom stereocenters. The van der Waals surface area contributed by atoms with Gasteiger partial charge in [0.25, 0.3) is 0 Å². The van der Waals surface area contributed by atoms with Gasteiger partial charge in [-0.15, -0.1) is 0 Å². The van der Waals surface area contributed by atoms with Crippen molar-refractivity contribution in [2.24, 2.45) is 0 Å². The third-order valence-corrected chi connectivity index (χ3v) is 4.14. The minimum Gasteiger partial charge on any atom is -0.508 e. The number of hydrogen-bond acceptors (Lipinski definition) is 3. The maximum atomic E-state index is 9.64. The lowest BCUT2D eigenvalue weighted by Gasteiger charge is -2.28. The molecule has 2 aromatic carbocycles. The van der Waals surface area contributed by atoms with Crippen LogP contribution in [0.5, 0.6) is 5.75 Å². The van der Waals surface area contributed by atoms with Crippen LogP contribution >= 0.6 is 0 Å². The van der Waals surface area contributed by atoms with Gasteiger partial charge in [0.15, 0.2) is 0 Å². The second-order valence-electron chi connectivity index (χ2n) is 5.92. The fraction of sp³-hybridized carbons (Fsp3) is 0.333. The summed E-state index contributed by atoms with van der Waals surface area (Å²) < 4.78 is 0. The molecule has 0 amide bonds.